The zero-order valence-electron chi connectivity index (χ0n) is 10.9. The zero-order chi connectivity index (χ0) is 13.8. The maximum Gasteiger partial charge on any atom is 0.261 e. The average Bonchev–Trinajstić information content (AvgIpc) is 2.78. The van der Waals surface area contributed by atoms with Crippen molar-refractivity contribution in [3.05, 3.63) is 21.9 Å². The normalized spacial score (nSPS) is 14.0. The maximum absolute atomic E-state index is 12.0. The van der Waals surface area contributed by atoms with Crippen molar-refractivity contribution < 1.29 is 14.7 Å². The van der Waals surface area contributed by atoms with Crippen LogP contribution in [0.1, 0.15) is 53.6 Å². The Labute approximate surface area is 111 Å². The molecule has 1 rings (SSSR count). The molecule has 0 saturated carbocycles. The van der Waals surface area contributed by atoms with Gasteiger partial charge in [0.1, 0.15) is 0 Å². The first kappa shape index (κ1) is 14.9. The predicted octanol–water partition coefficient (Wildman–Crippen LogP) is 2.23. The number of rotatable bonds is 6. The predicted molar refractivity (Wildman–Crippen MR) is 72.2 cm³/mol. The first-order valence-electron chi connectivity index (χ1n) is 5.94. The van der Waals surface area contributed by atoms with Crippen LogP contribution in [-0.4, -0.2) is 28.9 Å². The molecule has 0 aliphatic heterocycles. The molecule has 18 heavy (non-hydrogen) atoms. The van der Waals surface area contributed by atoms with Crippen molar-refractivity contribution in [2.24, 2.45) is 0 Å². The van der Waals surface area contributed by atoms with E-state index in [2.05, 4.69) is 5.32 Å². The summed E-state index contributed by atoms with van der Waals surface area (Å²) in [5, 5.41) is 13.6. The summed E-state index contributed by atoms with van der Waals surface area (Å²) in [5.74, 6) is -0.232. The number of thiophene rings is 1. The Hall–Kier alpha value is -1.20. The van der Waals surface area contributed by atoms with Crippen molar-refractivity contribution in [3.8, 4) is 0 Å². The Morgan fingerprint density at radius 3 is 2.61 bits per heavy atom. The van der Waals surface area contributed by atoms with E-state index < -0.39 is 5.54 Å². The van der Waals surface area contributed by atoms with Crippen LogP contribution in [0.3, 0.4) is 0 Å². The van der Waals surface area contributed by atoms with Gasteiger partial charge in [0.05, 0.1) is 4.88 Å². The van der Waals surface area contributed by atoms with Gasteiger partial charge in [-0.25, -0.2) is 0 Å². The summed E-state index contributed by atoms with van der Waals surface area (Å²) in [4.78, 5) is 23.7. The van der Waals surface area contributed by atoms with Crippen LogP contribution in [0.15, 0.2) is 11.4 Å². The topological polar surface area (TPSA) is 66.4 Å². The Kier molecular flexibility index (Phi) is 5.04. The monoisotopic (exact) mass is 269 g/mol. The molecule has 0 bridgehead atoms. The molecule has 1 atom stereocenters. The number of hydrogen-bond acceptors (Lipinski definition) is 4. The lowest BCUT2D eigenvalue weighted by atomic mass is 9.95. The number of nitrogens with one attached hydrogen (secondary N) is 1. The van der Waals surface area contributed by atoms with Crippen LogP contribution >= 0.6 is 11.3 Å². The van der Waals surface area contributed by atoms with E-state index in [0.29, 0.717) is 16.9 Å². The molecule has 1 amide bonds. The van der Waals surface area contributed by atoms with Gasteiger partial charge in [0.25, 0.3) is 5.91 Å². The van der Waals surface area contributed by atoms with Crippen molar-refractivity contribution in [2.45, 2.75) is 39.2 Å². The van der Waals surface area contributed by atoms with E-state index in [1.807, 2.05) is 13.8 Å². The number of carbonyl (C=O) groups excluding carboxylic acids is 2. The van der Waals surface area contributed by atoms with Gasteiger partial charge >= 0.3 is 0 Å². The van der Waals surface area contributed by atoms with Crippen molar-refractivity contribution >= 4 is 23.0 Å². The van der Waals surface area contributed by atoms with E-state index in [9.17, 15) is 9.59 Å². The highest BCUT2D eigenvalue weighted by Gasteiger charge is 2.25. The molecular weight excluding hydrogens is 250 g/mol. The maximum atomic E-state index is 12.0. The highest BCUT2D eigenvalue weighted by Crippen LogP contribution is 2.19. The van der Waals surface area contributed by atoms with Gasteiger partial charge in [-0.3, -0.25) is 9.59 Å². The van der Waals surface area contributed by atoms with E-state index in [-0.39, 0.29) is 18.3 Å². The van der Waals surface area contributed by atoms with Gasteiger partial charge in [-0.15, -0.1) is 11.3 Å². The Morgan fingerprint density at radius 2 is 2.17 bits per heavy atom. The molecule has 5 heteroatoms. The number of aliphatic hydroxyl groups excluding tert-OH is 1. The minimum atomic E-state index is -0.411. The van der Waals surface area contributed by atoms with Crippen LogP contribution in [0.5, 0.6) is 0 Å². The summed E-state index contributed by atoms with van der Waals surface area (Å²) in [6, 6.07) is 1.61. The van der Waals surface area contributed by atoms with Crippen molar-refractivity contribution in [1.82, 2.24) is 5.32 Å². The van der Waals surface area contributed by atoms with Crippen LogP contribution in [0, 0.1) is 0 Å². The van der Waals surface area contributed by atoms with E-state index in [0.717, 1.165) is 6.42 Å². The number of aliphatic hydroxyl groups is 1. The molecule has 0 spiro atoms. The van der Waals surface area contributed by atoms with Gasteiger partial charge in [-0.1, -0.05) is 6.92 Å². The zero-order valence-corrected chi connectivity index (χ0v) is 11.8. The molecular formula is C13H19NO3S. The standard InChI is InChI=1S/C13H19NO3S/c1-4-13(3,5-6-15)14-12(17)11-7-10(8-18-11)9(2)16/h7-8,15H,4-6H2,1-3H3,(H,14,17). The van der Waals surface area contributed by atoms with Crippen molar-refractivity contribution in [3.63, 3.8) is 0 Å². The highest BCUT2D eigenvalue weighted by atomic mass is 32.1. The summed E-state index contributed by atoms with van der Waals surface area (Å²) in [6.45, 7) is 5.38. The minimum absolute atomic E-state index is 0.0355. The fourth-order valence-corrected chi connectivity index (χ4v) is 2.39. The van der Waals surface area contributed by atoms with Crippen LogP contribution < -0.4 is 5.32 Å². The lowest BCUT2D eigenvalue weighted by Gasteiger charge is -2.28. The summed E-state index contributed by atoms with van der Waals surface area (Å²) in [5.41, 5.74) is 0.150. The number of hydrogen-bond donors (Lipinski definition) is 2. The number of Topliss-reactive ketones (excluding diaryl/α,β-unsaturated/α-hetero) is 1. The molecule has 100 valence electrons. The third kappa shape index (κ3) is 3.65. The second-order valence-electron chi connectivity index (χ2n) is 4.60. The molecule has 0 radical (unpaired) electrons. The van der Waals surface area contributed by atoms with E-state index in [1.54, 1.807) is 11.4 Å². The van der Waals surface area contributed by atoms with Gasteiger partial charge in [0.15, 0.2) is 5.78 Å². The van der Waals surface area contributed by atoms with Crippen LogP contribution in [0.2, 0.25) is 0 Å². The first-order chi connectivity index (χ1) is 8.41. The van der Waals surface area contributed by atoms with Gasteiger partial charge < -0.3 is 10.4 Å². The van der Waals surface area contributed by atoms with Gasteiger partial charge in [0, 0.05) is 23.1 Å². The smallest absolute Gasteiger partial charge is 0.261 e. The van der Waals surface area contributed by atoms with Gasteiger partial charge in [-0.05, 0) is 32.8 Å². The van der Waals surface area contributed by atoms with Gasteiger partial charge in [-0.2, -0.15) is 0 Å². The Morgan fingerprint density at radius 1 is 1.50 bits per heavy atom. The summed E-state index contributed by atoms with van der Waals surface area (Å²) < 4.78 is 0. The number of amides is 1. The number of carbonyl (C=O) groups is 2. The average molecular weight is 269 g/mol. The molecule has 4 nitrogen and oxygen atoms in total. The molecule has 0 aliphatic rings. The number of ketones is 1. The van der Waals surface area contributed by atoms with Crippen LogP contribution in [-0.2, 0) is 0 Å². The fourth-order valence-electron chi connectivity index (χ4n) is 1.55. The lowest BCUT2D eigenvalue weighted by molar-refractivity contribution is 0.0890. The minimum Gasteiger partial charge on any atom is -0.396 e. The van der Waals surface area contributed by atoms with E-state index in [4.69, 9.17) is 5.11 Å². The fraction of sp³-hybridized carbons (Fsp3) is 0.538. The second kappa shape index (κ2) is 6.11. The molecule has 2 N–H and O–H groups in total. The van der Waals surface area contributed by atoms with Crippen molar-refractivity contribution in [2.75, 3.05) is 6.61 Å². The van der Waals surface area contributed by atoms with E-state index in [1.165, 1.54) is 18.3 Å². The second-order valence-corrected chi connectivity index (χ2v) is 5.51. The Bertz CT molecular complexity index is 441. The molecule has 1 aromatic heterocycles. The SMILES string of the molecule is CCC(C)(CCO)NC(=O)c1cc(C(C)=O)cs1. The first-order valence-corrected chi connectivity index (χ1v) is 6.82. The summed E-state index contributed by atoms with van der Waals surface area (Å²) in [7, 11) is 0. The largest absolute Gasteiger partial charge is 0.396 e. The van der Waals surface area contributed by atoms with Crippen molar-refractivity contribution in [1.29, 1.82) is 0 Å². The summed E-state index contributed by atoms with van der Waals surface area (Å²) in [6.07, 6.45) is 1.25. The third-order valence-corrected chi connectivity index (χ3v) is 4.02. The molecule has 0 fully saturated rings. The van der Waals surface area contributed by atoms with E-state index >= 15 is 0 Å². The highest BCUT2D eigenvalue weighted by molar-refractivity contribution is 7.12. The third-order valence-electron chi connectivity index (χ3n) is 3.09. The Balaban J connectivity index is 2.77. The molecule has 0 aliphatic carbocycles. The molecule has 1 heterocycles. The quantitative estimate of drug-likeness (QED) is 0.778. The van der Waals surface area contributed by atoms with Gasteiger partial charge in [0.2, 0.25) is 0 Å². The molecule has 0 aromatic carbocycles. The molecule has 0 saturated heterocycles. The lowest BCUT2D eigenvalue weighted by Crippen LogP contribution is -2.45. The van der Waals surface area contributed by atoms with Crippen LogP contribution in [0.4, 0.5) is 0 Å². The van der Waals surface area contributed by atoms with Crippen LogP contribution in [0.25, 0.3) is 0 Å². The summed E-state index contributed by atoms with van der Waals surface area (Å²) >= 11 is 1.26. The molecule has 1 unspecified atom stereocenters. The molecule has 1 aromatic rings.